The van der Waals surface area contributed by atoms with Gasteiger partial charge in [0.2, 0.25) is 0 Å². The molecule has 1 aromatic rings. The first-order valence-corrected chi connectivity index (χ1v) is 4.87. The van der Waals surface area contributed by atoms with Crippen LogP contribution < -0.4 is 0 Å². The molecule has 0 saturated heterocycles. The second-order valence-electron chi connectivity index (χ2n) is 3.84. The second kappa shape index (κ2) is 3.33. The highest BCUT2D eigenvalue weighted by Gasteiger charge is 2.06. The van der Waals surface area contributed by atoms with Crippen molar-refractivity contribution in [3.05, 3.63) is 41.0 Å². The van der Waals surface area contributed by atoms with Gasteiger partial charge in [0.1, 0.15) is 5.75 Å². The lowest BCUT2D eigenvalue weighted by molar-refractivity contribution is 0.474. The molecule has 1 aliphatic carbocycles. The minimum atomic E-state index is 0.342. The molecule has 0 spiro atoms. The van der Waals surface area contributed by atoms with Gasteiger partial charge < -0.3 is 5.11 Å². The molecule has 1 aliphatic rings. The van der Waals surface area contributed by atoms with Crippen LogP contribution in [0.4, 0.5) is 0 Å². The molecule has 0 bridgehead atoms. The molecule has 0 radical (unpaired) electrons. The molecule has 1 heteroatoms. The van der Waals surface area contributed by atoms with E-state index in [-0.39, 0.29) is 0 Å². The maximum Gasteiger partial charge on any atom is 0.116 e. The van der Waals surface area contributed by atoms with Gasteiger partial charge in [-0.1, -0.05) is 31.2 Å². The SMILES string of the molecule is Cc1cc(O)cc2c1C=CC(C)C=C2. The summed E-state index contributed by atoms with van der Waals surface area (Å²) < 4.78 is 0. The van der Waals surface area contributed by atoms with Crippen LogP contribution in [0.1, 0.15) is 23.6 Å². The van der Waals surface area contributed by atoms with E-state index in [1.54, 1.807) is 12.1 Å². The van der Waals surface area contributed by atoms with Crippen molar-refractivity contribution in [3.63, 3.8) is 0 Å². The van der Waals surface area contributed by atoms with Gasteiger partial charge in [-0.05, 0) is 41.7 Å². The fraction of sp³-hybridized carbons (Fsp3) is 0.231. The van der Waals surface area contributed by atoms with Crippen molar-refractivity contribution in [1.29, 1.82) is 0 Å². The zero-order valence-electron chi connectivity index (χ0n) is 8.49. The quantitative estimate of drug-likeness (QED) is 0.658. The van der Waals surface area contributed by atoms with E-state index in [0.29, 0.717) is 11.7 Å². The first-order valence-electron chi connectivity index (χ1n) is 4.87. The Hall–Kier alpha value is -1.50. The molecular weight excluding hydrogens is 172 g/mol. The van der Waals surface area contributed by atoms with Gasteiger partial charge in [0.25, 0.3) is 0 Å². The first kappa shape index (κ1) is 9.07. The molecule has 0 amide bonds. The van der Waals surface area contributed by atoms with Crippen LogP contribution in [0.2, 0.25) is 0 Å². The van der Waals surface area contributed by atoms with Crippen LogP contribution in [0, 0.1) is 12.8 Å². The van der Waals surface area contributed by atoms with E-state index < -0.39 is 0 Å². The van der Waals surface area contributed by atoms with Crippen LogP contribution >= 0.6 is 0 Å². The molecule has 0 saturated carbocycles. The number of phenols is 1. The normalized spacial score (nSPS) is 19.1. The Kier molecular flexibility index (Phi) is 2.16. The van der Waals surface area contributed by atoms with Gasteiger partial charge in [-0.3, -0.25) is 0 Å². The largest absolute Gasteiger partial charge is 0.508 e. The predicted molar refractivity (Wildman–Crippen MR) is 60.1 cm³/mol. The maximum atomic E-state index is 9.47. The first-order chi connectivity index (χ1) is 6.66. The van der Waals surface area contributed by atoms with E-state index in [1.165, 1.54) is 5.56 Å². The third-order valence-electron chi connectivity index (χ3n) is 2.55. The summed E-state index contributed by atoms with van der Waals surface area (Å²) in [4.78, 5) is 0. The Bertz CT molecular complexity index is 413. The molecule has 1 aromatic carbocycles. The van der Waals surface area contributed by atoms with Gasteiger partial charge in [0, 0.05) is 0 Å². The number of phenolic OH excluding ortho intramolecular Hbond substituents is 1. The summed E-state index contributed by atoms with van der Waals surface area (Å²) in [6.45, 7) is 4.17. The third-order valence-corrected chi connectivity index (χ3v) is 2.55. The number of rotatable bonds is 0. The molecule has 72 valence electrons. The molecule has 1 atom stereocenters. The summed E-state index contributed by atoms with van der Waals surface area (Å²) in [5, 5.41) is 9.47. The van der Waals surface area contributed by atoms with E-state index in [1.807, 2.05) is 6.92 Å². The van der Waals surface area contributed by atoms with Crippen LogP contribution in [0.3, 0.4) is 0 Å². The summed E-state index contributed by atoms with van der Waals surface area (Å²) >= 11 is 0. The zero-order valence-corrected chi connectivity index (χ0v) is 8.49. The topological polar surface area (TPSA) is 20.2 Å². The summed E-state index contributed by atoms with van der Waals surface area (Å²) in [6, 6.07) is 3.61. The smallest absolute Gasteiger partial charge is 0.116 e. The summed E-state index contributed by atoms with van der Waals surface area (Å²) in [5.74, 6) is 0.804. The van der Waals surface area contributed by atoms with Crippen molar-refractivity contribution in [3.8, 4) is 5.75 Å². The second-order valence-corrected chi connectivity index (χ2v) is 3.84. The number of fused-ring (bicyclic) bond motifs is 1. The number of hydrogen-bond acceptors (Lipinski definition) is 1. The Balaban J connectivity index is 2.62. The van der Waals surface area contributed by atoms with Crippen LogP contribution in [-0.2, 0) is 0 Å². The van der Waals surface area contributed by atoms with Gasteiger partial charge in [-0.2, -0.15) is 0 Å². The fourth-order valence-electron chi connectivity index (χ4n) is 1.74. The highest BCUT2D eigenvalue weighted by molar-refractivity contribution is 5.71. The van der Waals surface area contributed by atoms with Gasteiger partial charge in [-0.25, -0.2) is 0 Å². The van der Waals surface area contributed by atoms with Crippen molar-refractivity contribution >= 4 is 12.2 Å². The summed E-state index contributed by atoms with van der Waals surface area (Å²) in [5.41, 5.74) is 3.43. The summed E-state index contributed by atoms with van der Waals surface area (Å²) in [7, 11) is 0. The van der Waals surface area contributed by atoms with Crippen molar-refractivity contribution < 1.29 is 5.11 Å². The Labute approximate surface area is 84.4 Å². The van der Waals surface area contributed by atoms with E-state index in [4.69, 9.17) is 0 Å². The van der Waals surface area contributed by atoms with E-state index in [9.17, 15) is 5.11 Å². The zero-order chi connectivity index (χ0) is 10.1. The molecule has 1 nitrogen and oxygen atoms in total. The van der Waals surface area contributed by atoms with Crippen molar-refractivity contribution in [1.82, 2.24) is 0 Å². The van der Waals surface area contributed by atoms with Crippen LogP contribution in [0.25, 0.3) is 12.2 Å². The molecule has 0 aliphatic heterocycles. The highest BCUT2D eigenvalue weighted by Crippen LogP contribution is 2.26. The van der Waals surface area contributed by atoms with E-state index in [2.05, 4.69) is 31.2 Å². The Morgan fingerprint density at radius 1 is 1.14 bits per heavy atom. The number of aryl methyl sites for hydroxylation is 1. The molecular formula is C13H14O. The monoisotopic (exact) mass is 186 g/mol. The Morgan fingerprint density at radius 2 is 1.86 bits per heavy atom. The average Bonchev–Trinajstić information content (AvgIpc) is 2.28. The minimum absolute atomic E-state index is 0.342. The highest BCUT2D eigenvalue weighted by atomic mass is 16.3. The minimum Gasteiger partial charge on any atom is -0.508 e. The number of benzene rings is 1. The van der Waals surface area contributed by atoms with Crippen molar-refractivity contribution in [2.24, 2.45) is 5.92 Å². The van der Waals surface area contributed by atoms with Crippen LogP contribution in [0.5, 0.6) is 5.75 Å². The van der Waals surface area contributed by atoms with Crippen molar-refractivity contribution in [2.45, 2.75) is 13.8 Å². The molecule has 1 unspecified atom stereocenters. The van der Waals surface area contributed by atoms with Crippen molar-refractivity contribution in [2.75, 3.05) is 0 Å². The lowest BCUT2D eigenvalue weighted by atomic mass is 10.0. The standard InChI is InChI=1S/C13H14O/c1-9-3-5-11-8-12(14)7-10(2)13(11)6-4-9/h3-9,14H,1-2H3. The van der Waals surface area contributed by atoms with Crippen LogP contribution in [0.15, 0.2) is 24.3 Å². The number of allylic oxidation sites excluding steroid dienone is 2. The molecule has 0 aromatic heterocycles. The number of hydrogen-bond donors (Lipinski definition) is 1. The molecule has 1 N–H and O–H groups in total. The lowest BCUT2D eigenvalue weighted by Gasteiger charge is -2.05. The van der Waals surface area contributed by atoms with E-state index in [0.717, 1.165) is 11.1 Å². The molecule has 0 heterocycles. The predicted octanol–water partition coefficient (Wildman–Crippen LogP) is 3.38. The molecule has 2 rings (SSSR count). The van der Waals surface area contributed by atoms with Gasteiger partial charge in [-0.15, -0.1) is 0 Å². The average molecular weight is 186 g/mol. The van der Waals surface area contributed by atoms with E-state index >= 15 is 0 Å². The van der Waals surface area contributed by atoms with Gasteiger partial charge >= 0.3 is 0 Å². The van der Waals surface area contributed by atoms with Gasteiger partial charge in [0.05, 0.1) is 0 Å². The molecule has 14 heavy (non-hydrogen) atoms. The molecule has 0 fully saturated rings. The van der Waals surface area contributed by atoms with Gasteiger partial charge in [0.15, 0.2) is 0 Å². The third kappa shape index (κ3) is 1.58. The maximum absolute atomic E-state index is 9.47. The number of aromatic hydroxyl groups is 1. The van der Waals surface area contributed by atoms with Crippen LogP contribution in [-0.4, -0.2) is 5.11 Å². The lowest BCUT2D eigenvalue weighted by Crippen LogP contribution is -1.85. The fourth-order valence-corrected chi connectivity index (χ4v) is 1.74. The Morgan fingerprint density at radius 3 is 2.64 bits per heavy atom. The summed E-state index contributed by atoms with van der Waals surface area (Å²) in [6.07, 6.45) is 8.52.